The molecule has 4 nitrogen and oxygen atoms in total. The molecule has 1 saturated heterocycles. The zero-order valence-electron chi connectivity index (χ0n) is 11.5. The van der Waals surface area contributed by atoms with E-state index in [0.717, 1.165) is 0 Å². The molecule has 1 N–H and O–H groups in total. The maximum absolute atomic E-state index is 11.8. The van der Waals surface area contributed by atoms with Gasteiger partial charge in [0.25, 0.3) is 0 Å². The molecule has 1 amide bonds. The number of benzene rings is 1. The third-order valence-corrected chi connectivity index (χ3v) is 3.22. The Morgan fingerprint density at radius 1 is 1.26 bits per heavy atom. The molecule has 1 heterocycles. The minimum atomic E-state index is -0.505. The van der Waals surface area contributed by atoms with Gasteiger partial charge in [-0.1, -0.05) is 32.9 Å². The van der Waals surface area contributed by atoms with Crippen LogP contribution in [0.5, 0.6) is 5.75 Å². The van der Waals surface area contributed by atoms with Crippen molar-refractivity contribution in [3.8, 4) is 5.75 Å². The Morgan fingerprint density at radius 3 is 2.37 bits per heavy atom. The van der Waals surface area contributed by atoms with Crippen molar-refractivity contribution in [3.63, 3.8) is 0 Å². The zero-order chi connectivity index (χ0) is 14.0. The predicted molar refractivity (Wildman–Crippen MR) is 71.9 cm³/mol. The standard InChI is InChI=1S/C15H19NO3/c1-15(2,3)10-4-6-11(7-5-10)19-14(18)12-8-9-13(17)16-12/h4-7,12H,8-9H2,1-3H3,(H,16,17)/t12-/m0/s1. The van der Waals surface area contributed by atoms with Crippen molar-refractivity contribution >= 4 is 11.9 Å². The fourth-order valence-electron chi connectivity index (χ4n) is 2.00. The van der Waals surface area contributed by atoms with Gasteiger partial charge in [0.1, 0.15) is 11.8 Å². The first-order chi connectivity index (χ1) is 8.86. The third kappa shape index (κ3) is 3.34. The summed E-state index contributed by atoms with van der Waals surface area (Å²) in [5, 5.41) is 2.60. The van der Waals surface area contributed by atoms with E-state index in [9.17, 15) is 9.59 Å². The molecule has 2 rings (SSSR count). The van der Waals surface area contributed by atoms with Crippen molar-refractivity contribution < 1.29 is 14.3 Å². The Morgan fingerprint density at radius 2 is 1.89 bits per heavy atom. The molecule has 0 saturated carbocycles. The van der Waals surface area contributed by atoms with Crippen LogP contribution >= 0.6 is 0 Å². The second-order valence-electron chi connectivity index (χ2n) is 5.85. The topological polar surface area (TPSA) is 55.4 Å². The lowest BCUT2D eigenvalue weighted by Gasteiger charge is -2.19. The molecule has 0 bridgehead atoms. The van der Waals surface area contributed by atoms with Crippen LogP contribution in [0, 0.1) is 0 Å². The molecule has 1 atom stereocenters. The summed E-state index contributed by atoms with van der Waals surface area (Å²) in [5.41, 5.74) is 1.25. The lowest BCUT2D eigenvalue weighted by molar-refractivity contribution is -0.137. The fourth-order valence-corrected chi connectivity index (χ4v) is 2.00. The van der Waals surface area contributed by atoms with Crippen molar-refractivity contribution in [2.24, 2.45) is 0 Å². The van der Waals surface area contributed by atoms with Gasteiger partial charge in [-0.25, -0.2) is 4.79 Å². The van der Waals surface area contributed by atoms with Gasteiger partial charge in [0.2, 0.25) is 5.91 Å². The van der Waals surface area contributed by atoms with Crippen LogP contribution in [0.4, 0.5) is 0 Å². The molecule has 19 heavy (non-hydrogen) atoms. The van der Waals surface area contributed by atoms with Crippen molar-refractivity contribution in [1.29, 1.82) is 0 Å². The molecule has 1 fully saturated rings. The summed E-state index contributed by atoms with van der Waals surface area (Å²) >= 11 is 0. The van der Waals surface area contributed by atoms with Gasteiger partial charge in [0.05, 0.1) is 0 Å². The molecule has 0 unspecified atom stereocenters. The van der Waals surface area contributed by atoms with E-state index < -0.39 is 12.0 Å². The lowest BCUT2D eigenvalue weighted by atomic mass is 9.87. The van der Waals surface area contributed by atoms with Crippen molar-refractivity contribution in [2.45, 2.75) is 45.1 Å². The largest absolute Gasteiger partial charge is 0.425 e. The van der Waals surface area contributed by atoms with E-state index in [2.05, 4.69) is 26.1 Å². The van der Waals surface area contributed by atoms with Crippen LogP contribution in [0.1, 0.15) is 39.2 Å². The van der Waals surface area contributed by atoms with Crippen LogP contribution in [0.2, 0.25) is 0 Å². The maximum Gasteiger partial charge on any atom is 0.334 e. The van der Waals surface area contributed by atoms with Gasteiger partial charge in [-0.05, 0) is 29.5 Å². The molecule has 4 heteroatoms. The number of hydrogen-bond donors (Lipinski definition) is 1. The molecule has 0 radical (unpaired) electrons. The third-order valence-electron chi connectivity index (χ3n) is 3.22. The van der Waals surface area contributed by atoms with Gasteiger partial charge >= 0.3 is 5.97 Å². The van der Waals surface area contributed by atoms with Gasteiger partial charge < -0.3 is 10.1 Å². The summed E-state index contributed by atoms with van der Waals surface area (Å²) in [5.74, 6) is 0.0264. The Kier molecular flexibility index (Phi) is 3.60. The minimum Gasteiger partial charge on any atom is -0.425 e. The average molecular weight is 261 g/mol. The van der Waals surface area contributed by atoms with E-state index in [1.54, 1.807) is 12.1 Å². The van der Waals surface area contributed by atoms with Crippen LogP contribution in [0.25, 0.3) is 0 Å². The smallest absolute Gasteiger partial charge is 0.334 e. The molecular formula is C15H19NO3. The SMILES string of the molecule is CC(C)(C)c1ccc(OC(=O)[C@@H]2CCC(=O)N2)cc1. The molecule has 0 aromatic heterocycles. The molecule has 0 aliphatic carbocycles. The monoisotopic (exact) mass is 261 g/mol. The summed E-state index contributed by atoms with van der Waals surface area (Å²) in [6, 6.07) is 6.98. The molecule has 1 aromatic rings. The van der Waals surface area contributed by atoms with E-state index in [1.165, 1.54) is 5.56 Å². The number of hydrogen-bond acceptors (Lipinski definition) is 3. The summed E-state index contributed by atoms with van der Waals surface area (Å²) in [4.78, 5) is 22.9. The highest BCUT2D eigenvalue weighted by molar-refractivity contribution is 5.88. The zero-order valence-corrected chi connectivity index (χ0v) is 11.5. The molecule has 102 valence electrons. The number of ether oxygens (including phenoxy) is 1. The lowest BCUT2D eigenvalue weighted by Crippen LogP contribution is -2.36. The fraction of sp³-hybridized carbons (Fsp3) is 0.467. The number of esters is 1. The van der Waals surface area contributed by atoms with Crippen molar-refractivity contribution in [1.82, 2.24) is 5.32 Å². The number of amides is 1. The number of carbonyl (C=O) groups excluding carboxylic acids is 2. The first kappa shape index (κ1) is 13.6. The summed E-state index contributed by atoms with van der Waals surface area (Å²) < 4.78 is 5.26. The minimum absolute atomic E-state index is 0.0714. The van der Waals surface area contributed by atoms with E-state index in [-0.39, 0.29) is 11.3 Å². The average Bonchev–Trinajstić information content (AvgIpc) is 2.75. The second-order valence-corrected chi connectivity index (χ2v) is 5.85. The molecule has 1 aliphatic rings. The van der Waals surface area contributed by atoms with Gasteiger partial charge in [0, 0.05) is 6.42 Å². The first-order valence-corrected chi connectivity index (χ1v) is 6.48. The van der Waals surface area contributed by atoms with Crippen LogP contribution in [0.15, 0.2) is 24.3 Å². The number of nitrogens with one attached hydrogen (secondary N) is 1. The second kappa shape index (κ2) is 5.03. The van der Waals surface area contributed by atoms with Gasteiger partial charge in [-0.3, -0.25) is 4.79 Å². The van der Waals surface area contributed by atoms with Crippen LogP contribution in [-0.2, 0) is 15.0 Å². The highest BCUT2D eigenvalue weighted by Gasteiger charge is 2.28. The number of rotatable bonds is 2. The highest BCUT2D eigenvalue weighted by atomic mass is 16.5. The molecular weight excluding hydrogens is 242 g/mol. The Hall–Kier alpha value is -1.84. The maximum atomic E-state index is 11.8. The van der Waals surface area contributed by atoms with Gasteiger partial charge in [-0.15, -0.1) is 0 Å². The summed E-state index contributed by atoms with van der Waals surface area (Å²) in [6.07, 6.45) is 0.903. The Balaban J connectivity index is 2.00. The predicted octanol–water partition coefficient (Wildman–Crippen LogP) is 2.17. The Bertz CT molecular complexity index is 485. The van der Waals surface area contributed by atoms with Crippen LogP contribution < -0.4 is 10.1 Å². The van der Waals surface area contributed by atoms with Crippen molar-refractivity contribution in [2.75, 3.05) is 0 Å². The summed E-state index contributed by atoms with van der Waals surface area (Å²) in [7, 11) is 0. The molecule has 1 aliphatic heterocycles. The van der Waals surface area contributed by atoms with E-state index >= 15 is 0 Å². The van der Waals surface area contributed by atoms with Crippen LogP contribution in [-0.4, -0.2) is 17.9 Å². The van der Waals surface area contributed by atoms with Crippen molar-refractivity contribution in [3.05, 3.63) is 29.8 Å². The molecule has 0 spiro atoms. The van der Waals surface area contributed by atoms with E-state index in [4.69, 9.17) is 4.74 Å². The molecule has 1 aromatic carbocycles. The normalized spacial score (nSPS) is 19.1. The van der Waals surface area contributed by atoms with E-state index in [1.807, 2.05) is 12.1 Å². The van der Waals surface area contributed by atoms with Crippen LogP contribution in [0.3, 0.4) is 0 Å². The quantitative estimate of drug-likeness (QED) is 0.655. The Labute approximate surface area is 113 Å². The van der Waals surface area contributed by atoms with E-state index in [0.29, 0.717) is 18.6 Å². The summed E-state index contributed by atoms with van der Waals surface area (Å²) in [6.45, 7) is 6.38. The van der Waals surface area contributed by atoms with Gasteiger partial charge in [-0.2, -0.15) is 0 Å². The number of carbonyl (C=O) groups is 2. The highest BCUT2D eigenvalue weighted by Crippen LogP contribution is 2.24. The first-order valence-electron chi connectivity index (χ1n) is 6.48. The van der Waals surface area contributed by atoms with Gasteiger partial charge in [0.15, 0.2) is 0 Å².